The summed E-state index contributed by atoms with van der Waals surface area (Å²) in [6.07, 6.45) is 2.64. The van der Waals surface area contributed by atoms with Crippen molar-refractivity contribution in [3.8, 4) is 0 Å². The molecule has 0 aliphatic heterocycles. The van der Waals surface area contributed by atoms with Crippen molar-refractivity contribution in [2.24, 2.45) is 5.92 Å². The molecule has 0 radical (unpaired) electrons. The van der Waals surface area contributed by atoms with Crippen LogP contribution >= 0.6 is 27.5 Å². The highest BCUT2D eigenvalue weighted by Gasteiger charge is 2.24. The fraction of sp³-hybridized carbons (Fsp3) is 0.235. The number of aryl methyl sites for hydroxylation is 1. The maximum absolute atomic E-state index is 12.5. The fourth-order valence-corrected chi connectivity index (χ4v) is 3.28. The highest BCUT2D eigenvalue weighted by molar-refractivity contribution is 9.10. The Balaban J connectivity index is 1.74. The second-order valence-corrected chi connectivity index (χ2v) is 6.64. The van der Waals surface area contributed by atoms with Gasteiger partial charge in [0.25, 0.3) is 0 Å². The Morgan fingerprint density at radius 3 is 2.76 bits per heavy atom. The minimum atomic E-state index is 0.00921. The average molecular weight is 365 g/mol. The summed E-state index contributed by atoms with van der Waals surface area (Å²) in [5, 5.41) is 3.51. The van der Waals surface area contributed by atoms with Gasteiger partial charge < -0.3 is 5.32 Å². The van der Waals surface area contributed by atoms with Gasteiger partial charge in [-0.3, -0.25) is 4.79 Å². The number of nitrogens with one attached hydrogen (secondary N) is 1. The van der Waals surface area contributed by atoms with Gasteiger partial charge in [0.15, 0.2) is 0 Å². The number of halogens is 2. The molecule has 2 aromatic carbocycles. The molecule has 0 bridgehead atoms. The van der Waals surface area contributed by atoms with Crippen molar-refractivity contribution in [1.82, 2.24) is 0 Å². The predicted octanol–water partition coefficient (Wildman–Crippen LogP) is 4.85. The monoisotopic (exact) mass is 363 g/mol. The van der Waals surface area contributed by atoms with E-state index in [0.717, 1.165) is 23.7 Å². The van der Waals surface area contributed by atoms with Gasteiger partial charge in [0.2, 0.25) is 5.91 Å². The molecular formula is C17H15BrClNO. The third-order valence-electron chi connectivity index (χ3n) is 3.90. The maximum atomic E-state index is 12.5. The summed E-state index contributed by atoms with van der Waals surface area (Å²) in [7, 11) is 0. The molecule has 2 nitrogen and oxygen atoms in total. The molecule has 1 aliphatic rings. The summed E-state index contributed by atoms with van der Waals surface area (Å²) in [4.78, 5) is 12.5. The van der Waals surface area contributed by atoms with Crippen LogP contribution < -0.4 is 5.32 Å². The molecule has 1 atom stereocenters. The van der Waals surface area contributed by atoms with E-state index in [4.69, 9.17) is 11.6 Å². The van der Waals surface area contributed by atoms with Gasteiger partial charge in [0.05, 0.1) is 10.7 Å². The summed E-state index contributed by atoms with van der Waals surface area (Å²) in [6, 6.07) is 13.8. The fourth-order valence-electron chi connectivity index (χ4n) is 2.75. The molecule has 2 aromatic rings. The molecule has 0 fully saturated rings. The lowest BCUT2D eigenvalue weighted by atomic mass is 9.83. The van der Waals surface area contributed by atoms with Crippen LogP contribution in [0.3, 0.4) is 0 Å². The maximum Gasteiger partial charge on any atom is 0.227 e. The summed E-state index contributed by atoms with van der Waals surface area (Å²) >= 11 is 9.52. The summed E-state index contributed by atoms with van der Waals surface area (Å²) < 4.78 is 0.899. The molecule has 0 spiro atoms. The Kier molecular flexibility index (Phi) is 4.32. The number of carbonyl (C=O) groups excluding carboxylic acids is 1. The van der Waals surface area contributed by atoms with Crippen molar-refractivity contribution < 1.29 is 4.79 Å². The normalized spacial score (nSPS) is 17.1. The van der Waals surface area contributed by atoms with Gasteiger partial charge in [0, 0.05) is 10.4 Å². The van der Waals surface area contributed by atoms with Crippen LogP contribution in [0.5, 0.6) is 0 Å². The standard InChI is InChI=1S/C17H15BrClNO/c18-14-7-8-15(19)16(10-14)20-17(21)13-6-5-11-3-1-2-4-12(11)9-13/h1-4,7-8,10,13H,5-6,9H2,(H,20,21). The lowest BCUT2D eigenvalue weighted by molar-refractivity contribution is -0.120. The zero-order valence-electron chi connectivity index (χ0n) is 11.4. The second-order valence-electron chi connectivity index (χ2n) is 5.32. The van der Waals surface area contributed by atoms with Crippen molar-refractivity contribution in [3.63, 3.8) is 0 Å². The third-order valence-corrected chi connectivity index (χ3v) is 4.73. The van der Waals surface area contributed by atoms with Crippen molar-refractivity contribution in [3.05, 3.63) is 63.1 Å². The molecule has 3 rings (SSSR count). The number of fused-ring (bicyclic) bond motifs is 1. The van der Waals surface area contributed by atoms with Gasteiger partial charge in [-0.15, -0.1) is 0 Å². The van der Waals surface area contributed by atoms with Crippen LogP contribution in [0.15, 0.2) is 46.9 Å². The highest BCUT2D eigenvalue weighted by Crippen LogP contribution is 2.29. The first-order chi connectivity index (χ1) is 10.1. The molecule has 4 heteroatoms. The van der Waals surface area contributed by atoms with Crippen LogP contribution in [0.25, 0.3) is 0 Å². The lowest BCUT2D eigenvalue weighted by Gasteiger charge is -2.24. The van der Waals surface area contributed by atoms with Gasteiger partial charge in [0.1, 0.15) is 0 Å². The molecule has 0 aromatic heterocycles. The van der Waals surface area contributed by atoms with E-state index < -0.39 is 0 Å². The number of hydrogen-bond acceptors (Lipinski definition) is 1. The SMILES string of the molecule is O=C(Nc1cc(Br)ccc1Cl)C1CCc2ccccc2C1. The van der Waals surface area contributed by atoms with Crippen LogP contribution in [-0.2, 0) is 17.6 Å². The number of benzene rings is 2. The topological polar surface area (TPSA) is 29.1 Å². The minimum absolute atomic E-state index is 0.00921. The van der Waals surface area contributed by atoms with Gasteiger partial charge in [-0.2, -0.15) is 0 Å². The third kappa shape index (κ3) is 3.30. The van der Waals surface area contributed by atoms with E-state index in [1.165, 1.54) is 11.1 Å². The van der Waals surface area contributed by atoms with Crippen molar-refractivity contribution in [2.75, 3.05) is 5.32 Å². The van der Waals surface area contributed by atoms with Gasteiger partial charge in [-0.05, 0) is 48.6 Å². The highest BCUT2D eigenvalue weighted by atomic mass is 79.9. The van der Waals surface area contributed by atoms with Gasteiger partial charge in [-0.25, -0.2) is 0 Å². The molecule has 1 aliphatic carbocycles. The summed E-state index contributed by atoms with van der Waals surface area (Å²) in [5.74, 6) is 0.0550. The Morgan fingerprint density at radius 2 is 1.95 bits per heavy atom. The number of rotatable bonds is 2. The zero-order chi connectivity index (χ0) is 14.8. The van der Waals surface area contributed by atoms with Crippen molar-refractivity contribution in [1.29, 1.82) is 0 Å². The van der Waals surface area contributed by atoms with Crippen LogP contribution in [-0.4, -0.2) is 5.91 Å². The van der Waals surface area contributed by atoms with Gasteiger partial charge >= 0.3 is 0 Å². The smallest absolute Gasteiger partial charge is 0.227 e. The van der Waals surface area contributed by atoms with Crippen LogP contribution in [0.1, 0.15) is 17.5 Å². The number of carbonyl (C=O) groups is 1. The second kappa shape index (κ2) is 6.20. The first-order valence-corrected chi connectivity index (χ1v) is 8.13. The first kappa shape index (κ1) is 14.6. The van der Waals surface area contributed by atoms with Gasteiger partial charge in [-0.1, -0.05) is 51.8 Å². The minimum Gasteiger partial charge on any atom is -0.324 e. The Hall–Kier alpha value is -1.32. The van der Waals surface area contributed by atoms with Crippen molar-refractivity contribution >= 4 is 39.1 Å². The van der Waals surface area contributed by atoms with Crippen LogP contribution in [0.4, 0.5) is 5.69 Å². The quantitative estimate of drug-likeness (QED) is 0.811. The largest absolute Gasteiger partial charge is 0.324 e. The van der Waals surface area contributed by atoms with E-state index in [0.29, 0.717) is 10.7 Å². The Morgan fingerprint density at radius 1 is 1.19 bits per heavy atom. The average Bonchev–Trinajstić information content (AvgIpc) is 2.50. The molecule has 0 saturated heterocycles. The molecule has 108 valence electrons. The molecule has 0 saturated carbocycles. The zero-order valence-corrected chi connectivity index (χ0v) is 13.7. The first-order valence-electron chi connectivity index (χ1n) is 6.96. The molecule has 21 heavy (non-hydrogen) atoms. The predicted molar refractivity (Wildman–Crippen MR) is 89.7 cm³/mol. The molecule has 1 N–H and O–H groups in total. The van der Waals surface area contributed by atoms with E-state index in [2.05, 4.69) is 39.4 Å². The Labute approximate surface area is 137 Å². The molecule has 1 amide bonds. The Bertz CT molecular complexity index is 686. The number of anilines is 1. The lowest BCUT2D eigenvalue weighted by Crippen LogP contribution is -2.28. The number of hydrogen-bond donors (Lipinski definition) is 1. The molecule has 1 unspecified atom stereocenters. The molecule has 0 heterocycles. The van der Waals surface area contributed by atoms with E-state index in [9.17, 15) is 4.79 Å². The van der Waals surface area contributed by atoms with Crippen LogP contribution in [0.2, 0.25) is 5.02 Å². The molecular weight excluding hydrogens is 350 g/mol. The van der Waals surface area contributed by atoms with E-state index in [1.54, 1.807) is 6.07 Å². The van der Waals surface area contributed by atoms with Crippen LogP contribution in [0, 0.1) is 5.92 Å². The summed E-state index contributed by atoms with van der Waals surface area (Å²) in [6.45, 7) is 0. The summed E-state index contributed by atoms with van der Waals surface area (Å²) in [5.41, 5.74) is 3.31. The van der Waals surface area contributed by atoms with E-state index >= 15 is 0 Å². The number of amides is 1. The van der Waals surface area contributed by atoms with E-state index in [-0.39, 0.29) is 11.8 Å². The van der Waals surface area contributed by atoms with Crippen molar-refractivity contribution in [2.45, 2.75) is 19.3 Å². The van der Waals surface area contributed by atoms with E-state index in [1.807, 2.05) is 18.2 Å².